The number of methoxy groups -OCH3 is 1. The second-order valence-corrected chi connectivity index (χ2v) is 8.76. The maximum atomic E-state index is 12.9. The number of rotatable bonds is 5. The Kier molecular flexibility index (Phi) is 9.26. The second kappa shape index (κ2) is 11.2. The van der Waals surface area contributed by atoms with Gasteiger partial charge in [0.1, 0.15) is 0 Å². The number of thiocarbonyl (C=S) groups is 1. The molecule has 0 atom stereocenters. The molecule has 0 unspecified atom stereocenters. The van der Waals surface area contributed by atoms with Crippen molar-refractivity contribution in [2.45, 2.75) is 58.5 Å². The first-order valence-corrected chi connectivity index (χ1v) is 11.3. The van der Waals surface area contributed by atoms with Crippen LogP contribution < -0.4 is 0 Å². The highest BCUT2D eigenvalue weighted by Gasteiger charge is 2.27. The predicted octanol–water partition coefficient (Wildman–Crippen LogP) is 6.26. The number of fused-ring (bicyclic) bond motifs is 1. The quantitative estimate of drug-likeness (QED) is 0.212. The molecule has 0 spiro atoms. The molecule has 1 heterocycles. The van der Waals surface area contributed by atoms with Gasteiger partial charge in [-0.2, -0.15) is 0 Å². The van der Waals surface area contributed by atoms with Crippen molar-refractivity contribution in [3.63, 3.8) is 0 Å². The molecular weight excluding hydrogens is 469 g/mol. The molecule has 0 amide bonds. The van der Waals surface area contributed by atoms with E-state index in [4.69, 9.17) is 9.72 Å². The summed E-state index contributed by atoms with van der Waals surface area (Å²) in [7, 11) is 1.76. The number of carbonyl (C=O) groups excluding carboxylic acids is 1. The van der Waals surface area contributed by atoms with E-state index < -0.39 is 0 Å². The van der Waals surface area contributed by atoms with Crippen LogP contribution in [0.5, 0.6) is 0 Å². The fraction of sp³-hybridized carbons (Fsp3) is 0.500. The van der Waals surface area contributed by atoms with Gasteiger partial charge >= 0.3 is 0 Å². The zero-order valence-electron chi connectivity index (χ0n) is 16.3. The first-order chi connectivity index (χ1) is 13.0. The lowest BCUT2D eigenvalue weighted by molar-refractivity contribution is 0.0519. The number of Topliss-reactive ketones (excluding diaryl/α,β-unsaturated/α-hetero) is 1. The van der Waals surface area contributed by atoms with Crippen LogP contribution in [-0.2, 0) is 11.2 Å². The van der Waals surface area contributed by atoms with Crippen LogP contribution in [-0.4, -0.2) is 27.4 Å². The van der Waals surface area contributed by atoms with Gasteiger partial charge in [-0.3, -0.25) is 9.78 Å². The molecule has 0 saturated heterocycles. The molecule has 27 heavy (non-hydrogen) atoms. The average molecular weight is 497 g/mol. The number of benzene rings is 1. The van der Waals surface area contributed by atoms with E-state index in [9.17, 15) is 4.79 Å². The number of carbonyl (C=O) groups is 1. The van der Waals surface area contributed by atoms with Crippen LogP contribution in [0.3, 0.4) is 0 Å². The molecule has 1 saturated carbocycles. The van der Waals surface area contributed by atoms with Crippen LogP contribution in [0, 0.1) is 12.8 Å². The van der Waals surface area contributed by atoms with Gasteiger partial charge < -0.3 is 4.74 Å². The molecule has 1 aliphatic carbocycles. The number of ether oxygens (including phenoxy) is 1. The summed E-state index contributed by atoms with van der Waals surface area (Å²) >= 11 is 6.23. The van der Waals surface area contributed by atoms with Crippen LogP contribution in [0.15, 0.2) is 24.3 Å². The predicted molar refractivity (Wildman–Crippen MR) is 125 cm³/mol. The van der Waals surface area contributed by atoms with Crippen LogP contribution >= 0.6 is 34.8 Å². The highest BCUT2D eigenvalue weighted by Crippen LogP contribution is 2.29. The van der Waals surface area contributed by atoms with E-state index in [1.54, 1.807) is 10.5 Å². The van der Waals surface area contributed by atoms with Crippen LogP contribution in [0.25, 0.3) is 10.9 Å². The van der Waals surface area contributed by atoms with Crippen molar-refractivity contribution < 1.29 is 9.53 Å². The van der Waals surface area contributed by atoms with Crippen molar-refractivity contribution in [1.29, 1.82) is 0 Å². The first kappa shape index (κ1) is 22.4. The molecule has 0 radical (unpaired) electrons. The molecule has 146 valence electrons. The van der Waals surface area contributed by atoms with Crippen LogP contribution in [0.2, 0.25) is 0 Å². The van der Waals surface area contributed by atoms with Crippen LogP contribution in [0.1, 0.15) is 60.6 Å². The molecule has 2 aromatic rings. The minimum Gasteiger partial charge on any atom is -0.381 e. The normalized spacial score (nSPS) is 19.3. The van der Waals surface area contributed by atoms with Gasteiger partial charge in [0.2, 0.25) is 0 Å². The van der Waals surface area contributed by atoms with E-state index in [-0.39, 0.29) is 11.7 Å². The molecule has 0 N–H and O–H groups in total. The monoisotopic (exact) mass is 497 g/mol. The van der Waals surface area contributed by atoms with Gasteiger partial charge in [0, 0.05) is 33.0 Å². The third-order valence-electron chi connectivity index (χ3n) is 5.29. The van der Waals surface area contributed by atoms with E-state index >= 15 is 0 Å². The molecule has 3 nitrogen and oxygen atoms in total. The smallest absolute Gasteiger partial charge is 0.165 e. The molecule has 1 aromatic heterocycles. The molecule has 0 bridgehead atoms. The van der Waals surface area contributed by atoms with E-state index in [0.717, 1.165) is 60.7 Å². The standard InChI is InChI=1S/C21H27NO2.CHIS/c1-4-5-16-12-18-13-17(8-11-20(18)22-14(16)2)21(23)15-6-9-19(24-3)10-7-15;2-1-3/h8,11-13,15,19H,4-7,9-10H2,1-3H3;1H. The number of aryl methyl sites for hydroxylation is 2. The number of pyridine rings is 1. The van der Waals surface area contributed by atoms with E-state index in [0.29, 0.717) is 6.10 Å². The summed E-state index contributed by atoms with van der Waals surface area (Å²) in [5, 5.41) is 1.08. The first-order valence-electron chi connectivity index (χ1n) is 9.55. The van der Waals surface area contributed by atoms with E-state index in [1.807, 2.05) is 40.8 Å². The highest BCUT2D eigenvalue weighted by molar-refractivity contribution is 14.1. The van der Waals surface area contributed by atoms with E-state index in [2.05, 4.69) is 32.1 Å². The zero-order valence-corrected chi connectivity index (χ0v) is 19.3. The topological polar surface area (TPSA) is 39.2 Å². The molecule has 3 rings (SSSR count). The Morgan fingerprint density at radius 2 is 1.96 bits per heavy atom. The van der Waals surface area contributed by atoms with Crippen LogP contribution in [0.4, 0.5) is 0 Å². The third kappa shape index (κ3) is 6.03. The molecule has 5 heteroatoms. The number of nitrogens with zero attached hydrogens (tertiary/aromatic N) is 1. The number of aromatic nitrogens is 1. The number of hydrogen-bond acceptors (Lipinski definition) is 4. The molecule has 0 aliphatic heterocycles. The SMILES string of the molecule is CCCc1cc2cc(C(=O)C3CCC(OC)CC3)ccc2nc1C.S=CI. The Labute approximate surface area is 181 Å². The van der Waals surface area contributed by atoms with Crippen molar-refractivity contribution in [3.05, 3.63) is 41.1 Å². The lowest BCUT2D eigenvalue weighted by Crippen LogP contribution is -2.25. The number of hydrogen-bond donors (Lipinski definition) is 0. The van der Waals surface area contributed by atoms with Crippen molar-refractivity contribution in [1.82, 2.24) is 4.98 Å². The molecule has 1 aromatic carbocycles. The molecule has 1 aliphatic rings. The van der Waals surface area contributed by atoms with Gasteiger partial charge in [0.25, 0.3) is 0 Å². The van der Waals surface area contributed by atoms with Crippen molar-refractivity contribution in [2.24, 2.45) is 5.92 Å². The van der Waals surface area contributed by atoms with Gasteiger partial charge in [-0.1, -0.05) is 25.6 Å². The molecular formula is C22H28INO2S. The summed E-state index contributed by atoms with van der Waals surface area (Å²) in [6.45, 7) is 4.25. The lowest BCUT2D eigenvalue weighted by Gasteiger charge is -2.26. The lowest BCUT2D eigenvalue weighted by atomic mass is 9.82. The largest absolute Gasteiger partial charge is 0.381 e. The Morgan fingerprint density at radius 3 is 2.56 bits per heavy atom. The van der Waals surface area contributed by atoms with E-state index in [1.165, 1.54) is 5.56 Å². The van der Waals surface area contributed by atoms with Gasteiger partial charge in [0.15, 0.2) is 5.78 Å². The third-order valence-corrected chi connectivity index (χ3v) is 5.29. The summed E-state index contributed by atoms with van der Waals surface area (Å²) < 4.78 is 6.96. The summed E-state index contributed by atoms with van der Waals surface area (Å²) in [6.07, 6.45) is 6.31. The van der Waals surface area contributed by atoms with Crippen molar-refractivity contribution in [2.75, 3.05) is 7.11 Å². The zero-order chi connectivity index (χ0) is 19.8. The Balaban J connectivity index is 0.000000817. The number of ketones is 1. The average Bonchev–Trinajstić information content (AvgIpc) is 2.68. The summed E-state index contributed by atoms with van der Waals surface area (Å²) in [6, 6.07) is 8.18. The summed E-state index contributed by atoms with van der Waals surface area (Å²) in [5.41, 5.74) is 4.19. The minimum absolute atomic E-state index is 0.141. The Bertz CT molecular complexity index is 785. The highest BCUT2D eigenvalue weighted by atomic mass is 127. The van der Waals surface area contributed by atoms with Crippen molar-refractivity contribution >= 4 is 54.9 Å². The van der Waals surface area contributed by atoms with Gasteiger partial charge in [-0.25, -0.2) is 0 Å². The molecule has 1 fully saturated rings. The Morgan fingerprint density at radius 1 is 1.30 bits per heavy atom. The minimum atomic E-state index is 0.141. The van der Waals surface area contributed by atoms with Crippen molar-refractivity contribution in [3.8, 4) is 0 Å². The summed E-state index contributed by atoms with van der Waals surface area (Å²) in [4.78, 5) is 17.6. The fourth-order valence-electron chi connectivity index (χ4n) is 3.79. The van der Waals surface area contributed by atoms with Gasteiger partial charge in [-0.05, 0) is 91.4 Å². The number of halogens is 1. The maximum Gasteiger partial charge on any atom is 0.165 e. The maximum absolute atomic E-state index is 12.9. The fourth-order valence-corrected chi connectivity index (χ4v) is 3.79. The van der Waals surface area contributed by atoms with Gasteiger partial charge in [0.05, 0.1) is 11.6 Å². The Hall–Kier alpha value is -0.920. The summed E-state index contributed by atoms with van der Waals surface area (Å²) in [5.74, 6) is 0.423. The second-order valence-electron chi connectivity index (χ2n) is 7.05. The van der Waals surface area contributed by atoms with Gasteiger partial charge in [-0.15, -0.1) is 0 Å².